The van der Waals surface area contributed by atoms with E-state index < -0.39 is 0 Å². The minimum absolute atomic E-state index is 0.691. The average molecular weight is 276 g/mol. The maximum absolute atomic E-state index is 5.42. The normalized spacial score (nSPS) is 11.1. The second kappa shape index (κ2) is 17.8. The Labute approximate surface area is 117 Å². The van der Waals surface area contributed by atoms with Gasteiger partial charge >= 0.3 is 0 Å². The van der Waals surface area contributed by atoms with Crippen molar-refractivity contribution >= 4 is 0 Å². The van der Waals surface area contributed by atoms with E-state index in [2.05, 4.69) is 5.32 Å². The van der Waals surface area contributed by atoms with Crippen LogP contribution in [0, 0.1) is 0 Å². The van der Waals surface area contributed by atoms with Crippen molar-refractivity contribution in [2.45, 2.75) is 26.7 Å². The standard InChI is InChI=1S/C14H30NO4/c1-3-16-9-5-11-18-13-7-15-8-14-19-12-6-10-17-4-2/h3-14H2,1-2H3. The Hall–Kier alpha value is -0.200. The predicted molar refractivity (Wildman–Crippen MR) is 75.7 cm³/mol. The molecule has 5 nitrogen and oxygen atoms in total. The molecule has 0 bridgehead atoms. The van der Waals surface area contributed by atoms with Crippen LogP contribution in [0.4, 0.5) is 0 Å². The van der Waals surface area contributed by atoms with Gasteiger partial charge in [-0.05, 0) is 26.7 Å². The van der Waals surface area contributed by atoms with Crippen molar-refractivity contribution in [3.05, 3.63) is 0 Å². The lowest BCUT2D eigenvalue weighted by atomic mass is 10.5. The summed E-state index contributed by atoms with van der Waals surface area (Å²) in [4.78, 5) is 0. The first kappa shape index (κ1) is 18.8. The minimum Gasteiger partial charge on any atom is -0.382 e. The maximum Gasteiger partial charge on any atom is 0.0607 e. The van der Waals surface area contributed by atoms with Crippen LogP contribution in [0.1, 0.15) is 26.7 Å². The van der Waals surface area contributed by atoms with Crippen molar-refractivity contribution in [3.63, 3.8) is 0 Å². The van der Waals surface area contributed by atoms with Crippen molar-refractivity contribution in [2.24, 2.45) is 0 Å². The van der Waals surface area contributed by atoms with Crippen molar-refractivity contribution in [2.75, 3.05) is 65.9 Å². The van der Waals surface area contributed by atoms with Gasteiger partial charge in [0.05, 0.1) is 13.2 Å². The van der Waals surface area contributed by atoms with Crippen LogP contribution < -0.4 is 5.32 Å². The van der Waals surface area contributed by atoms with Crippen LogP contribution >= 0.6 is 0 Å². The van der Waals surface area contributed by atoms with Gasteiger partial charge in [-0.3, -0.25) is 0 Å². The van der Waals surface area contributed by atoms with Crippen molar-refractivity contribution < 1.29 is 18.9 Å². The van der Waals surface area contributed by atoms with Crippen molar-refractivity contribution in [1.82, 2.24) is 5.32 Å². The summed E-state index contributed by atoms with van der Waals surface area (Å²) >= 11 is 0. The molecule has 19 heavy (non-hydrogen) atoms. The Kier molecular flexibility index (Phi) is 17.6. The van der Waals surface area contributed by atoms with Gasteiger partial charge < -0.3 is 18.9 Å². The Morgan fingerprint density at radius 3 is 1.42 bits per heavy atom. The van der Waals surface area contributed by atoms with E-state index in [1.54, 1.807) is 0 Å². The highest BCUT2D eigenvalue weighted by atomic mass is 16.5. The highest BCUT2D eigenvalue weighted by Crippen LogP contribution is 1.86. The van der Waals surface area contributed by atoms with Gasteiger partial charge in [-0.2, -0.15) is 0 Å². The molecular weight excluding hydrogens is 246 g/mol. The Morgan fingerprint density at radius 1 is 0.579 bits per heavy atom. The molecule has 0 aromatic carbocycles. The molecule has 0 fully saturated rings. The smallest absolute Gasteiger partial charge is 0.0607 e. The van der Waals surface area contributed by atoms with Gasteiger partial charge in [0.1, 0.15) is 0 Å². The summed E-state index contributed by atoms with van der Waals surface area (Å²) in [6, 6.07) is 0. The Morgan fingerprint density at radius 2 is 1.00 bits per heavy atom. The minimum atomic E-state index is 0.691. The zero-order valence-corrected chi connectivity index (χ0v) is 12.6. The molecule has 0 aliphatic heterocycles. The Bertz CT molecular complexity index is 142. The number of nitrogens with zero attached hydrogens (tertiary/aromatic N) is 1. The van der Waals surface area contributed by atoms with Gasteiger partial charge in [0, 0.05) is 52.7 Å². The fraction of sp³-hybridized carbons (Fsp3) is 1.00. The molecule has 115 valence electrons. The summed E-state index contributed by atoms with van der Waals surface area (Å²) < 4.78 is 21.3. The second-order valence-corrected chi connectivity index (χ2v) is 4.00. The van der Waals surface area contributed by atoms with Gasteiger partial charge in [-0.25, -0.2) is 5.32 Å². The van der Waals surface area contributed by atoms with Crippen LogP contribution in [0.3, 0.4) is 0 Å². The van der Waals surface area contributed by atoms with E-state index >= 15 is 0 Å². The van der Waals surface area contributed by atoms with E-state index in [1.807, 2.05) is 13.8 Å². The van der Waals surface area contributed by atoms with Gasteiger partial charge in [0.2, 0.25) is 0 Å². The van der Waals surface area contributed by atoms with Gasteiger partial charge in [0.25, 0.3) is 0 Å². The third-order valence-corrected chi connectivity index (χ3v) is 2.35. The SMILES string of the molecule is CCOCCCOCC[N]CCOCCCOCC. The van der Waals surface area contributed by atoms with E-state index in [0.717, 1.165) is 65.6 Å². The van der Waals surface area contributed by atoms with Gasteiger partial charge in [-0.15, -0.1) is 0 Å². The van der Waals surface area contributed by atoms with E-state index in [4.69, 9.17) is 18.9 Å². The third kappa shape index (κ3) is 17.8. The molecule has 0 saturated carbocycles. The lowest BCUT2D eigenvalue weighted by molar-refractivity contribution is 0.0814. The predicted octanol–water partition coefficient (Wildman–Crippen LogP) is 1.48. The summed E-state index contributed by atoms with van der Waals surface area (Å²) in [6.45, 7) is 11.5. The molecule has 0 spiro atoms. The molecule has 0 aromatic rings. The topological polar surface area (TPSA) is 51.0 Å². The molecule has 0 aliphatic rings. The molecule has 0 heterocycles. The number of ether oxygens (including phenoxy) is 4. The fourth-order valence-electron chi connectivity index (χ4n) is 1.39. The first-order chi connectivity index (χ1) is 9.41. The fourth-order valence-corrected chi connectivity index (χ4v) is 1.39. The molecule has 0 saturated heterocycles. The molecule has 5 heteroatoms. The van der Waals surface area contributed by atoms with Gasteiger partial charge in [0.15, 0.2) is 0 Å². The highest BCUT2D eigenvalue weighted by Gasteiger charge is 1.93. The summed E-state index contributed by atoms with van der Waals surface area (Å²) in [5.74, 6) is 0. The summed E-state index contributed by atoms with van der Waals surface area (Å²) in [5, 5.41) is 4.33. The number of hydrogen-bond acceptors (Lipinski definition) is 4. The molecule has 0 N–H and O–H groups in total. The molecule has 0 aromatic heterocycles. The monoisotopic (exact) mass is 276 g/mol. The van der Waals surface area contributed by atoms with Crippen LogP contribution in [0.2, 0.25) is 0 Å². The quantitative estimate of drug-likeness (QED) is 0.401. The van der Waals surface area contributed by atoms with E-state index in [0.29, 0.717) is 13.2 Å². The van der Waals surface area contributed by atoms with Crippen molar-refractivity contribution in [1.29, 1.82) is 0 Å². The van der Waals surface area contributed by atoms with Crippen molar-refractivity contribution in [3.8, 4) is 0 Å². The molecular formula is C14H30NO4. The first-order valence-electron chi connectivity index (χ1n) is 7.36. The largest absolute Gasteiger partial charge is 0.382 e. The molecule has 1 radical (unpaired) electrons. The summed E-state index contributed by atoms with van der Waals surface area (Å²) in [7, 11) is 0. The molecule has 0 unspecified atom stereocenters. The third-order valence-electron chi connectivity index (χ3n) is 2.35. The van der Waals surface area contributed by atoms with Crippen LogP contribution in [0.5, 0.6) is 0 Å². The van der Waals surface area contributed by atoms with Crippen LogP contribution in [-0.4, -0.2) is 65.9 Å². The van der Waals surface area contributed by atoms with Crippen LogP contribution in [-0.2, 0) is 18.9 Å². The average Bonchev–Trinajstić information content (AvgIpc) is 2.43. The highest BCUT2D eigenvalue weighted by molar-refractivity contribution is 4.45. The lowest BCUT2D eigenvalue weighted by Crippen LogP contribution is -2.18. The summed E-state index contributed by atoms with van der Waals surface area (Å²) in [5.41, 5.74) is 0. The maximum atomic E-state index is 5.42. The van der Waals surface area contributed by atoms with Gasteiger partial charge in [-0.1, -0.05) is 0 Å². The van der Waals surface area contributed by atoms with E-state index in [-0.39, 0.29) is 0 Å². The lowest BCUT2D eigenvalue weighted by Gasteiger charge is -2.06. The number of hydrogen-bond donors (Lipinski definition) is 0. The van der Waals surface area contributed by atoms with Crippen LogP contribution in [0.25, 0.3) is 0 Å². The molecule has 0 amide bonds. The summed E-state index contributed by atoms with van der Waals surface area (Å²) in [6.07, 6.45) is 1.91. The van der Waals surface area contributed by atoms with E-state index in [9.17, 15) is 0 Å². The molecule has 0 aliphatic carbocycles. The number of rotatable bonds is 16. The first-order valence-corrected chi connectivity index (χ1v) is 7.36. The zero-order chi connectivity index (χ0) is 14.0. The Balaban J connectivity index is 2.88. The molecule has 0 rings (SSSR count). The zero-order valence-electron chi connectivity index (χ0n) is 12.6. The molecule has 0 atom stereocenters. The van der Waals surface area contributed by atoms with E-state index in [1.165, 1.54) is 0 Å². The van der Waals surface area contributed by atoms with Crippen LogP contribution in [0.15, 0.2) is 0 Å². The second-order valence-electron chi connectivity index (χ2n) is 4.00.